The number of nitrogens with one attached hydrogen (secondary N) is 2. The van der Waals surface area contributed by atoms with Crippen molar-refractivity contribution in [1.29, 1.82) is 0 Å². The van der Waals surface area contributed by atoms with Gasteiger partial charge in [-0.15, -0.1) is 0 Å². The molecule has 0 saturated carbocycles. The van der Waals surface area contributed by atoms with Gasteiger partial charge < -0.3 is 4.74 Å². The molecule has 0 spiro atoms. The van der Waals surface area contributed by atoms with Crippen LogP contribution in [0.25, 0.3) is 0 Å². The number of nitrogens with zero attached hydrogens (tertiary/aromatic N) is 2. The fraction of sp³-hybridized carbons (Fsp3) is 0.0667. The normalized spacial score (nSPS) is 9.88. The summed E-state index contributed by atoms with van der Waals surface area (Å²) in [4.78, 5) is 43.9. The lowest BCUT2D eigenvalue weighted by atomic mass is 10.1. The molecule has 11 heteroatoms. The lowest BCUT2D eigenvalue weighted by Gasteiger charge is -2.08. The quantitative estimate of drug-likeness (QED) is 0.606. The van der Waals surface area contributed by atoms with E-state index in [1.165, 1.54) is 19.2 Å². The summed E-state index contributed by atoms with van der Waals surface area (Å²) in [5, 5.41) is 21.7. The second-order valence-electron chi connectivity index (χ2n) is 4.89. The topological polar surface area (TPSA) is 154 Å². The van der Waals surface area contributed by atoms with E-state index in [1.807, 2.05) is 5.43 Å². The third-order valence-corrected chi connectivity index (χ3v) is 3.23. The van der Waals surface area contributed by atoms with Crippen molar-refractivity contribution in [3.05, 3.63) is 73.8 Å². The molecule has 0 saturated heterocycles. The van der Waals surface area contributed by atoms with Crippen molar-refractivity contribution in [2.24, 2.45) is 0 Å². The second-order valence-corrected chi connectivity index (χ2v) is 4.89. The Morgan fingerprint density at radius 2 is 1.31 bits per heavy atom. The van der Waals surface area contributed by atoms with Crippen LogP contribution in [0.3, 0.4) is 0 Å². The van der Waals surface area contributed by atoms with Crippen molar-refractivity contribution in [2.75, 3.05) is 7.11 Å². The molecule has 2 N–H and O–H groups in total. The standard InChI is InChI=1S/C15H12N4O7/c1-26-13-4-2-9(3-5-13)14(20)16-17-15(21)10-6-11(18(22)23)8-12(7-10)19(24)25/h2-8H,1H3,(H,16,20)(H,17,21). The number of carbonyl (C=O) groups is 2. The van der Waals surface area contributed by atoms with Gasteiger partial charge in [-0.25, -0.2) is 0 Å². The van der Waals surface area contributed by atoms with Crippen LogP contribution >= 0.6 is 0 Å². The van der Waals surface area contributed by atoms with E-state index in [-0.39, 0.29) is 11.1 Å². The number of amides is 2. The monoisotopic (exact) mass is 360 g/mol. The van der Waals surface area contributed by atoms with Gasteiger partial charge in [0, 0.05) is 17.7 Å². The molecule has 0 aliphatic rings. The van der Waals surface area contributed by atoms with E-state index in [0.29, 0.717) is 5.75 Å². The molecule has 0 fully saturated rings. The van der Waals surface area contributed by atoms with Crippen molar-refractivity contribution in [1.82, 2.24) is 10.9 Å². The molecule has 26 heavy (non-hydrogen) atoms. The lowest BCUT2D eigenvalue weighted by molar-refractivity contribution is -0.394. The van der Waals surface area contributed by atoms with E-state index in [9.17, 15) is 29.8 Å². The molecule has 2 aromatic rings. The molecule has 2 aromatic carbocycles. The van der Waals surface area contributed by atoms with Crippen LogP contribution in [-0.2, 0) is 0 Å². The number of ether oxygens (including phenoxy) is 1. The van der Waals surface area contributed by atoms with E-state index in [2.05, 4.69) is 5.43 Å². The molecule has 0 aliphatic heterocycles. The van der Waals surface area contributed by atoms with Crippen molar-refractivity contribution < 1.29 is 24.2 Å². The van der Waals surface area contributed by atoms with Crippen LogP contribution in [0.5, 0.6) is 5.75 Å². The Labute approximate surface area is 145 Å². The summed E-state index contributed by atoms with van der Waals surface area (Å²) < 4.78 is 4.95. The molecule has 134 valence electrons. The van der Waals surface area contributed by atoms with Gasteiger partial charge in [0.25, 0.3) is 23.2 Å². The zero-order chi connectivity index (χ0) is 19.3. The molecular weight excluding hydrogens is 348 g/mol. The maximum atomic E-state index is 12.0. The summed E-state index contributed by atoms with van der Waals surface area (Å²) in [6.45, 7) is 0. The Hall–Kier alpha value is -4.02. The molecule has 0 radical (unpaired) electrons. The van der Waals surface area contributed by atoms with Gasteiger partial charge in [-0.2, -0.15) is 0 Å². The van der Waals surface area contributed by atoms with Gasteiger partial charge in [0.05, 0.1) is 28.6 Å². The summed E-state index contributed by atoms with van der Waals surface area (Å²) in [7, 11) is 1.47. The second kappa shape index (κ2) is 7.70. The summed E-state index contributed by atoms with van der Waals surface area (Å²) in [6.07, 6.45) is 0. The van der Waals surface area contributed by atoms with E-state index < -0.39 is 33.0 Å². The number of hydrogen-bond donors (Lipinski definition) is 2. The first kappa shape index (κ1) is 18.3. The zero-order valence-corrected chi connectivity index (χ0v) is 13.3. The fourth-order valence-corrected chi connectivity index (χ4v) is 1.94. The van der Waals surface area contributed by atoms with Crippen LogP contribution in [0, 0.1) is 20.2 Å². The largest absolute Gasteiger partial charge is 0.497 e. The molecular formula is C15H12N4O7. The number of hydrazine groups is 1. The maximum absolute atomic E-state index is 12.0. The van der Waals surface area contributed by atoms with Gasteiger partial charge in [-0.3, -0.25) is 40.7 Å². The van der Waals surface area contributed by atoms with E-state index in [0.717, 1.165) is 18.2 Å². The average molecular weight is 360 g/mol. The minimum absolute atomic E-state index is 0.219. The minimum atomic E-state index is -0.946. The van der Waals surface area contributed by atoms with Gasteiger partial charge in [-0.1, -0.05) is 0 Å². The van der Waals surface area contributed by atoms with E-state index in [4.69, 9.17) is 4.74 Å². The minimum Gasteiger partial charge on any atom is -0.497 e. The first-order valence-electron chi connectivity index (χ1n) is 7.00. The van der Waals surface area contributed by atoms with Crippen LogP contribution in [0.1, 0.15) is 20.7 Å². The molecule has 0 atom stereocenters. The Bertz CT molecular complexity index is 848. The predicted molar refractivity (Wildman–Crippen MR) is 87.7 cm³/mol. The Morgan fingerprint density at radius 1 is 0.846 bits per heavy atom. The van der Waals surface area contributed by atoms with Gasteiger partial charge in [0.2, 0.25) is 0 Å². The van der Waals surface area contributed by atoms with Crippen LogP contribution in [0.2, 0.25) is 0 Å². The number of benzene rings is 2. The van der Waals surface area contributed by atoms with Gasteiger partial charge in [0.1, 0.15) is 5.75 Å². The molecule has 0 aliphatic carbocycles. The van der Waals surface area contributed by atoms with Crippen molar-refractivity contribution in [3.63, 3.8) is 0 Å². The van der Waals surface area contributed by atoms with Crippen LogP contribution < -0.4 is 15.6 Å². The molecule has 0 heterocycles. The fourth-order valence-electron chi connectivity index (χ4n) is 1.94. The highest BCUT2D eigenvalue weighted by atomic mass is 16.6. The Kier molecular flexibility index (Phi) is 5.43. The lowest BCUT2D eigenvalue weighted by Crippen LogP contribution is -2.41. The third kappa shape index (κ3) is 4.29. The number of non-ortho nitro benzene ring substituents is 2. The smallest absolute Gasteiger partial charge is 0.277 e. The first-order valence-corrected chi connectivity index (χ1v) is 7.00. The Balaban J connectivity index is 2.12. The summed E-state index contributed by atoms with van der Waals surface area (Å²) in [6, 6.07) is 8.45. The van der Waals surface area contributed by atoms with Gasteiger partial charge >= 0.3 is 0 Å². The summed E-state index contributed by atoms with van der Waals surface area (Å²) >= 11 is 0. The van der Waals surface area contributed by atoms with Crippen LogP contribution in [-0.4, -0.2) is 28.8 Å². The summed E-state index contributed by atoms with van der Waals surface area (Å²) in [5.74, 6) is -1.06. The number of methoxy groups -OCH3 is 1. The van der Waals surface area contributed by atoms with Crippen molar-refractivity contribution in [2.45, 2.75) is 0 Å². The zero-order valence-electron chi connectivity index (χ0n) is 13.3. The molecule has 2 amide bonds. The Morgan fingerprint density at radius 3 is 1.73 bits per heavy atom. The van der Waals surface area contributed by atoms with Crippen LogP contribution in [0.15, 0.2) is 42.5 Å². The number of hydrogen-bond acceptors (Lipinski definition) is 7. The molecule has 0 bridgehead atoms. The van der Waals surface area contributed by atoms with Crippen molar-refractivity contribution >= 4 is 23.2 Å². The van der Waals surface area contributed by atoms with Crippen LogP contribution in [0.4, 0.5) is 11.4 Å². The third-order valence-electron chi connectivity index (χ3n) is 3.23. The summed E-state index contributed by atoms with van der Waals surface area (Å²) in [5.41, 5.74) is 2.79. The number of nitro groups is 2. The van der Waals surface area contributed by atoms with Gasteiger partial charge in [0.15, 0.2) is 0 Å². The molecule has 0 unspecified atom stereocenters. The number of nitro benzene ring substituents is 2. The predicted octanol–water partition coefficient (Wildman–Crippen LogP) is 1.59. The van der Waals surface area contributed by atoms with E-state index in [1.54, 1.807) is 12.1 Å². The number of carbonyl (C=O) groups excluding carboxylic acids is 2. The SMILES string of the molecule is COc1ccc(C(=O)NNC(=O)c2cc([N+](=O)[O-])cc([N+](=O)[O-])c2)cc1. The van der Waals surface area contributed by atoms with Gasteiger partial charge in [-0.05, 0) is 24.3 Å². The molecule has 11 nitrogen and oxygen atoms in total. The highest BCUT2D eigenvalue weighted by Crippen LogP contribution is 2.22. The molecule has 2 rings (SSSR count). The highest BCUT2D eigenvalue weighted by Gasteiger charge is 2.20. The van der Waals surface area contributed by atoms with E-state index >= 15 is 0 Å². The van der Waals surface area contributed by atoms with Crippen molar-refractivity contribution in [3.8, 4) is 5.75 Å². The maximum Gasteiger partial charge on any atom is 0.277 e. The highest BCUT2D eigenvalue weighted by molar-refractivity contribution is 5.99. The first-order chi connectivity index (χ1) is 12.3. The number of rotatable bonds is 5. The molecule has 0 aromatic heterocycles. The average Bonchev–Trinajstić information content (AvgIpc) is 2.65.